The Morgan fingerprint density at radius 1 is 1.13 bits per heavy atom. The largest absolute Gasteiger partial charge is 0.379 e. The van der Waals surface area contributed by atoms with Crippen molar-refractivity contribution >= 4 is 11.7 Å². The summed E-state index contributed by atoms with van der Waals surface area (Å²) in [5, 5.41) is 12.1. The molecule has 2 aliphatic rings. The molecule has 2 aromatic rings. The molecule has 3 heterocycles. The maximum atomic E-state index is 12.9. The molecule has 0 radical (unpaired) electrons. The molecule has 0 spiro atoms. The van der Waals surface area contributed by atoms with Gasteiger partial charge in [-0.3, -0.25) is 9.69 Å². The highest BCUT2D eigenvalue weighted by molar-refractivity contribution is 5.79. The van der Waals surface area contributed by atoms with Gasteiger partial charge in [0.05, 0.1) is 24.8 Å². The third-order valence-corrected chi connectivity index (χ3v) is 6.21. The molecule has 2 aliphatic heterocycles. The van der Waals surface area contributed by atoms with E-state index in [1.165, 1.54) is 5.56 Å². The van der Waals surface area contributed by atoms with Crippen molar-refractivity contribution in [3.8, 4) is 6.07 Å². The molecule has 162 valence electrons. The summed E-state index contributed by atoms with van der Waals surface area (Å²) in [5.74, 6) is 1.03. The van der Waals surface area contributed by atoms with Crippen LogP contribution < -0.4 is 10.2 Å². The molecular formula is C24H29N5O2. The number of pyridine rings is 1. The SMILES string of the molecule is N#Cc1ccc(N2CCC(C(=O)NCC(c3ccccc3)N3CCOCC3)CC2)nc1. The number of hydrogen-bond donors (Lipinski definition) is 1. The van der Waals surface area contributed by atoms with Crippen LogP contribution in [0.5, 0.6) is 0 Å². The van der Waals surface area contributed by atoms with Crippen molar-refractivity contribution in [2.24, 2.45) is 5.92 Å². The van der Waals surface area contributed by atoms with Crippen molar-refractivity contribution in [3.05, 3.63) is 59.8 Å². The van der Waals surface area contributed by atoms with E-state index in [-0.39, 0.29) is 17.9 Å². The second-order valence-corrected chi connectivity index (χ2v) is 8.10. The minimum absolute atomic E-state index is 0.0238. The number of benzene rings is 1. The average Bonchev–Trinajstić information content (AvgIpc) is 2.85. The zero-order valence-electron chi connectivity index (χ0n) is 17.7. The Hall–Kier alpha value is -2.95. The van der Waals surface area contributed by atoms with Crippen LogP contribution in [0.15, 0.2) is 48.7 Å². The highest BCUT2D eigenvalue weighted by atomic mass is 16.5. The fourth-order valence-electron chi connectivity index (χ4n) is 4.37. The zero-order chi connectivity index (χ0) is 21.5. The van der Waals surface area contributed by atoms with E-state index < -0.39 is 0 Å². The molecule has 1 unspecified atom stereocenters. The molecule has 0 aliphatic carbocycles. The number of nitriles is 1. The third-order valence-electron chi connectivity index (χ3n) is 6.21. The standard InChI is InChI=1S/C24H29N5O2/c25-16-19-6-7-23(26-17-19)29-10-8-21(9-11-29)24(30)27-18-22(20-4-2-1-3-5-20)28-12-14-31-15-13-28/h1-7,17,21-22H,8-15,18H2,(H,27,30). The lowest BCUT2D eigenvalue weighted by Gasteiger charge is -2.36. The first kappa shape index (κ1) is 21.3. The summed E-state index contributed by atoms with van der Waals surface area (Å²) in [7, 11) is 0. The van der Waals surface area contributed by atoms with Crippen molar-refractivity contribution in [3.63, 3.8) is 0 Å². The van der Waals surface area contributed by atoms with Crippen molar-refractivity contribution in [2.45, 2.75) is 18.9 Å². The third kappa shape index (κ3) is 5.40. The van der Waals surface area contributed by atoms with Gasteiger partial charge in [0.2, 0.25) is 5.91 Å². The maximum Gasteiger partial charge on any atom is 0.223 e. The molecule has 1 N–H and O–H groups in total. The molecule has 1 atom stereocenters. The van der Waals surface area contributed by atoms with Gasteiger partial charge in [-0.1, -0.05) is 30.3 Å². The number of amides is 1. The van der Waals surface area contributed by atoms with Crippen LogP contribution >= 0.6 is 0 Å². The minimum Gasteiger partial charge on any atom is -0.379 e. The number of anilines is 1. The number of carbonyl (C=O) groups is 1. The molecular weight excluding hydrogens is 390 g/mol. The molecule has 1 amide bonds. The normalized spacial score (nSPS) is 18.9. The lowest BCUT2D eigenvalue weighted by molar-refractivity contribution is -0.126. The number of nitrogens with zero attached hydrogens (tertiary/aromatic N) is 4. The predicted molar refractivity (Wildman–Crippen MR) is 118 cm³/mol. The van der Waals surface area contributed by atoms with E-state index in [9.17, 15) is 4.79 Å². The monoisotopic (exact) mass is 419 g/mol. The smallest absolute Gasteiger partial charge is 0.223 e. The fraction of sp³-hybridized carbons (Fsp3) is 0.458. The Kier molecular flexibility index (Phi) is 7.13. The van der Waals surface area contributed by atoms with Crippen LogP contribution in [0.4, 0.5) is 5.82 Å². The predicted octanol–water partition coefficient (Wildman–Crippen LogP) is 2.36. The second-order valence-electron chi connectivity index (χ2n) is 8.10. The molecule has 0 saturated carbocycles. The highest BCUT2D eigenvalue weighted by Crippen LogP contribution is 2.24. The molecule has 1 aromatic heterocycles. The summed E-state index contributed by atoms with van der Waals surface area (Å²) < 4.78 is 5.51. The molecule has 7 nitrogen and oxygen atoms in total. The van der Waals surface area contributed by atoms with Gasteiger partial charge < -0.3 is 15.0 Å². The summed E-state index contributed by atoms with van der Waals surface area (Å²) in [6.07, 6.45) is 3.21. The minimum atomic E-state index is 0.0238. The summed E-state index contributed by atoms with van der Waals surface area (Å²) >= 11 is 0. The molecule has 1 aromatic carbocycles. The maximum absolute atomic E-state index is 12.9. The molecule has 2 fully saturated rings. The van der Waals surface area contributed by atoms with E-state index in [1.807, 2.05) is 12.1 Å². The topological polar surface area (TPSA) is 81.5 Å². The van der Waals surface area contributed by atoms with E-state index in [1.54, 1.807) is 12.3 Å². The number of nitrogens with one attached hydrogen (secondary N) is 1. The van der Waals surface area contributed by atoms with Gasteiger partial charge in [-0.2, -0.15) is 5.26 Å². The summed E-state index contributed by atoms with van der Waals surface area (Å²) in [6.45, 7) is 5.43. The second kappa shape index (κ2) is 10.4. The molecule has 0 bridgehead atoms. The van der Waals surface area contributed by atoms with Crippen LogP contribution in [0, 0.1) is 17.2 Å². The van der Waals surface area contributed by atoms with E-state index in [4.69, 9.17) is 10.00 Å². The van der Waals surface area contributed by atoms with Crippen LogP contribution in [0.2, 0.25) is 0 Å². The summed E-state index contributed by atoms with van der Waals surface area (Å²) in [6, 6.07) is 16.3. The van der Waals surface area contributed by atoms with Gasteiger partial charge in [-0.25, -0.2) is 4.98 Å². The Balaban J connectivity index is 1.31. The number of morpholine rings is 1. The quantitative estimate of drug-likeness (QED) is 0.774. The first-order valence-electron chi connectivity index (χ1n) is 11.0. The summed E-state index contributed by atoms with van der Waals surface area (Å²) in [4.78, 5) is 21.9. The Bertz CT molecular complexity index is 882. The van der Waals surface area contributed by atoms with Crippen molar-refractivity contribution in [1.29, 1.82) is 5.26 Å². The zero-order valence-corrected chi connectivity index (χ0v) is 17.7. The van der Waals surface area contributed by atoms with Gasteiger partial charge >= 0.3 is 0 Å². The average molecular weight is 420 g/mol. The summed E-state index contributed by atoms with van der Waals surface area (Å²) in [5.41, 5.74) is 1.79. The molecule has 7 heteroatoms. The van der Waals surface area contributed by atoms with Gasteiger partial charge in [0.25, 0.3) is 0 Å². The van der Waals surface area contributed by atoms with E-state index in [0.29, 0.717) is 12.1 Å². The number of carbonyl (C=O) groups excluding carboxylic acids is 1. The van der Waals surface area contributed by atoms with Crippen LogP contribution in [0.1, 0.15) is 30.0 Å². The lowest BCUT2D eigenvalue weighted by Crippen LogP contribution is -2.46. The van der Waals surface area contributed by atoms with Crippen LogP contribution in [0.25, 0.3) is 0 Å². The van der Waals surface area contributed by atoms with E-state index in [0.717, 1.165) is 58.1 Å². The first-order valence-corrected chi connectivity index (χ1v) is 11.0. The van der Waals surface area contributed by atoms with Crippen LogP contribution in [-0.4, -0.2) is 61.7 Å². The van der Waals surface area contributed by atoms with Gasteiger partial charge in [-0.05, 0) is 30.5 Å². The molecule has 31 heavy (non-hydrogen) atoms. The van der Waals surface area contributed by atoms with Crippen molar-refractivity contribution < 1.29 is 9.53 Å². The van der Waals surface area contributed by atoms with Crippen molar-refractivity contribution in [2.75, 3.05) is 50.8 Å². The van der Waals surface area contributed by atoms with E-state index >= 15 is 0 Å². The van der Waals surface area contributed by atoms with Crippen molar-refractivity contribution in [1.82, 2.24) is 15.2 Å². The highest BCUT2D eigenvalue weighted by Gasteiger charge is 2.28. The molecule has 2 saturated heterocycles. The lowest BCUT2D eigenvalue weighted by atomic mass is 9.95. The number of aromatic nitrogens is 1. The Morgan fingerprint density at radius 3 is 2.52 bits per heavy atom. The van der Waals surface area contributed by atoms with Crippen LogP contribution in [-0.2, 0) is 9.53 Å². The number of rotatable bonds is 6. The first-order chi connectivity index (χ1) is 15.2. The van der Waals surface area contributed by atoms with Gasteiger partial charge in [0.1, 0.15) is 11.9 Å². The number of piperidine rings is 1. The number of hydrogen-bond acceptors (Lipinski definition) is 6. The van der Waals surface area contributed by atoms with Crippen LogP contribution in [0.3, 0.4) is 0 Å². The van der Waals surface area contributed by atoms with Gasteiger partial charge in [0.15, 0.2) is 0 Å². The van der Waals surface area contributed by atoms with E-state index in [2.05, 4.69) is 50.4 Å². The fourth-order valence-corrected chi connectivity index (χ4v) is 4.37. The number of ether oxygens (including phenoxy) is 1. The molecule has 4 rings (SSSR count). The Morgan fingerprint density at radius 2 is 1.87 bits per heavy atom. The Labute approximate surface area is 183 Å². The van der Waals surface area contributed by atoms with Gasteiger partial charge in [-0.15, -0.1) is 0 Å². The van der Waals surface area contributed by atoms with Gasteiger partial charge in [0, 0.05) is 44.8 Å².